The van der Waals surface area contributed by atoms with E-state index in [2.05, 4.69) is 44.1 Å². The normalized spacial score (nSPS) is 11.7. The highest BCUT2D eigenvalue weighted by molar-refractivity contribution is 6.31. The molecular weight excluding hydrogens is 284 g/mol. The maximum absolute atomic E-state index is 6.39. The maximum Gasteiger partial charge on any atom is 0.123 e. The van der Waals surface area contributed by atoms with Crippen molar-refractivity contribution in [2.24, 2.45) is 0 Å². The molecule has 1 N–H and O–H groups in total. The molecule has 0 fully saturated rings. The van der Waals surface area contributed by atoms with Crippen molar-refractivity contribution >= 4 is 17.3 Å². The lowest BCUT2D eigenvalue weighted by molar-refractivity contribution is 0.424. The fourth-order valence-electron chi connectivity index (χ4n) is 2.15. The topological polar surface area (TPSA) is 28.4 Å². The summed E-state index contributed by atoms with van der Waals surface area (Å²) in [7, 11) is 2.05. The highest BCUT2D eigenvalue weighted by atomic mass is 35.5. The van der Waals surface area contributed by atoms with Gasteiger partial charge in [-0.25, -0.2) is 0 Å². The number of rotatable bonds is 5. The molecule has 3 nitrogen and oxygen atoms in total. The van der Waals surface area contributed by atoms with Gasteiger partial charge in [0.15, 0.2) is 0 Å². The molecule has 0 amide bonds. The predicted octanol–water partition coefficient (Wildman–Crippen LogP) is 4.46. The van der Waals surface area contributed by atoms with E-state index in [1.54, 1.807) is 6.26 Å². The van der Waals surface area contributed by atoms with Gasteiger partial charge in [-0.3, -0.25) is 0 Å². The largest absolute Gasteiger partial charge is 0.467 e. The fraction of sp³-hybridized carbons (Fsp3) is 0.412. The number of benzene rings is 1. The van der Waals surface area contributed by atoms with E-state index in [4.69, 9.17) is 16.0 Å². The smallest absolute Gasteiger partial charge is 0.123 e. The summed E-state index contributed by atoms with van der Waals surface area (Å²) in [6, 6.07) is 9.90. The molecular formula is C17H23ClN2O. The Bertz CT molecular complexity index is 573. The Morgan fingerprint density at radius 3 is 2.57 bits per heavy atom. The van der Waals surface area contributed by atoms with Crippen LogP contribution in [0.3, 0.4) is 0 Å². The number of hydrogen-bond acceptors (Lipinski definition) is 3. The average Bonchev–Trinajstić information content (AvgIpc) is 2.88. The molecule has 0 radical (unpaired) electrons. The molecule has 2 aromatic rings. The van der Waals surface area contributed by atoms with E-state index in [0.717, 1.165) is 35.1 Å². The van der Waals surface area contributed by atoms with Gasteiger partial charge < -0.3 is 14.6 Å². The van der Waals surface area contributed by atoms with E-state index in [0.29, 0.717) is 0 Å². The van der Waals surface area contributed by atoms with Crippen LogP contribution >= 0.6 is 11.6 Å². The molecule has 2 rings (SSSR count). The summed E-state index contributed by atoms with van der Waals surface area (Å²) in [5.41, 5.74) is 2.29. The van der Waals surface area contributed by atoms with E-state index in [1.807, 2.05) is 24.3 Å². The molecule has 0 aliphatic rings. The Balaban J connectivity index is 2.20. The van der Waals surface area contributed by atoms with Crippen LogP contribution in [0.25, 0.3) is 0 Å². The molecule has 4 heteroatoms. The van der Waals surface area contributed by atoms with Crippen molar-refractivity contribution in [2.45, 2.75) is 39.4 Å². The van der Waals surface area contributed by atoms with Crippen LogP contribution in [0.2, 0.25) is 5.02 Å². The first-order valence-electron chi connectivity index (χ1n) is 7.13. The Hall–Kier alpha value is -1.45. The zero-order valence-electron chi connectivity index (χ0n) is 13.1. The van der Waals surface area contributed by atoms with Crippen LogP contribution in [0.4, 0.5) is 5.69 Å². The second-order valence-electron chi connectivity index (χ2n) is 6.28. The van der Waals surface area contributed by atoms with E-state index >= 15 is 0 Å². The Morgan fingerprint density at radius 2 is 1.95 bits per heavy atom. The molecule has 1 aromatic carbocycles. The Labute approximate surface area is 131 Å². The minimum atomic E-state index is 0.0516. The SMILES string of the molecule is CN(Cc1ccco1)c1cccc(Cl)c1CNC(C)(C)C. The Morgan fingerprint density at radius 1 is 1.19 bits per heavy atom. The number of nitrogens with zero attached hydrogens (tertiary/aromatic N) is 1. The van der Waals surface area contributed by atoms with Crippen LogP contribution in [0.5, 0.6) is 0 Å². The van der Waals surface area contributed by atoms with Crippen molar-refractivity contribution in [2.75, 3.05) is 11.9 Å². The third-order valence-corrected chi connectivity index (χ3v) is 3.63. The van der Waals surface area contributed by atoms with Gasteiger partial charge in [-0.15, -0.1) is 0 Å². The van der Waals surface area contributed by atoms with Crippen molar-refractivity contribution in [1.82, 2.24) is 5.32 Å². The van der Waals surface area contributed by atoms with Gasteiger partial charge in [-0.05, 0) is 45.0 Å². The minimum Gasteiger partial charge on any atom is -0.467 e. The number of nitrogens with one attached hydrogen (secondary N) is 1. The summed E-state index contributed by atoms with van der Waals surface area (Å²) in [6.45, 7) is 7.90. The molecule has 0 aliphatic carbocycles. The van der Waals surface area contributed by atoms with Gasteiger partial charge >= 0.3 is 0 Å². The van der Waals surface area contributed by atoms with Crippen molar-refractivity contribution in [3.05, 3.63) is 52.9 Å². The number of halogens is 1. The van der Waals surface area contributed by atoms with Crippen LogP contribution in [-0.4, -0.2) is 12.6 Å². The summed E-state index contributed by atoms with van der Waals surface area (Å²) in [6.07, 6.45) is 1.70. The standard InChI is InChI=1S/C17H23ClN2O/c1-17(2,3)19-11-14-15(18)8-5-9-16(14)20(4)12-13-7-6-10-21-13/h5-10,19H,11-12H2,1-4H3. The number of furan rings is 1. The molecule has 0 spiro atoms. The zero-order chi connectivity index (χ0) is 15.5. The summed E-state index contributed by atoms with van der Waals surface area (Å²) in [5.74, 6) is 0.937. The predicted molar refractivity (Wildman–Crippen MR) is 88.9 cm³/mol. The van der Waals surface area contributed by atoms with Crippen LogP contribution in [-0.2, 0) is 13.1 Å². The highest BCUT2D eigenvalue weighted by Gasteiger charge is 2.15. The van der Waals surface area contributed by atoms with Crippen LogP contribution in [0.1, 0.15) is 32.1 Å². The van der Waals surface area contributed by atoms with Gasteiger partial charge in [0.05, 0.1) is 12.8 Å². The lowest BCUT2D eigenvalue weighted by Gasteiger charge is -2.26. The first kappa shape index (κ1) is 15.9. The monoisotopic (exact) mass is 306 g/mol. The van der Waals surface area contributed by atoms with Crippen LogP contribution in [0.15, 0.2) is 41.0 Å². The quantitative estimate of drug-likeness (QED) is 0.884. The summed E-state index contributed by atoms with van der Waals surface area (Å²) >= 11 is 6.39. The van der Waals surface area contributed by atoms with Crippen molar-refractivity contribution in [1.29, 1.82) is 0 Å². The van der Waals surface area contributed by atoms with E-state index in [-0.39, 0.29) is 5.54 Å². The molecule has 0 saturated carbocycles. The lowest BCUT2D eigenvalue weighted by atomic mass is 10.1. The van der Waals surface area contributed by atoms with Crippen molar-refractivity contribution in [3.63, 3.8) is 0 Å². The first-order valence-corrected chi connectivity index (χ1v) is 7.50. The average molecular weight is 307 g/mol. The molecule has 1 aromatic heterocycles. The summed E-state index contributed by atoms with van der Waals surface area (Å²) in [4.78, 5) is 2.16. The van der Waals surface area contributed by atoms with Gasteiger partial charge in [0.2, 0.25) is 0 Å². The van der Waals surface area contributed by atoms with Gasteiger partial charge in [0, 0.05) is 35.4 Å². The number of anilines is 1. The first-order chi connectivity index (χ1) is 9.87. The molecule has 0 atom stereocenters. The fourth-order valence-corrected chi connectivity index (χ4v) is 2.39. The molecule has 21 heavy (non-hydrogen) atoms. The molecule has 0 unspecified atom stereocenters. The molecule has 0 bridgehead atoms. The third-order valence-electron chi connectivity index (χ3n) is 3.27. The van der Waals surface area contributed by atoms with E-state index in [9.17, 15) is 0 Å². The van der Waals surface area contributed by atoms with Gasteiger partial charge in [-0.2, -0.15) is 0 Å². The summed E-state index contributed by atoms with van der Waals surface area (Å²) in [5, 5.41) is 4.29. The third kappa shape index (κ3) is 4.51. The molecule has 0 aliphatic heterocycles. The highest BCUT2D eigenvalue weighted by Crippen LogP contribution is 2.28. The second-order valence-corrected chi connectivity index (χ2v) is 6.68. The molecule has 0 saturated heterocycles. The number of hydrogen-bond donors (Lipinski definition) is 1. The minimum absolute atomic E-state index is 0.0516. The van der Waals surface area contributed by atoms with Crippen LogP contribution < -0.4 is 10.2 Å². The van der Waals surface area contributed by atoms with Gasteiger partial charge in [-0.1, -0.05) is 17.7 Å². The van der Waals surface area contributed by atoms with Gasteiger partial charge in [0.25, 0.3) is 0 Å². The summed E-state index contributed by atoms with van der Waals surface area (Å²) < 4.78 is 5.42. The lowest BCUT2D eigenvalue weighted by Crippen LogP contribution is -2.35. The zero-order valence-corrected chi connectivity index (χ0v) is 13.9. The van der Waals surface area contributed by atoms with Gasteiger partial charge in [0.1, 0.15) is 5.76 Å². The van der Waals surface area contributed by atoms with Crippen molar-refractivity contribution in [3.8, 4) is 0 Å². The molecule has 1 heterocycles. The maximum atomic E-state index is 6.39. The second kappa shape index (κ2) is 6.54. The van der Waals surface area contributed by atoms with E-state index in [1.165, 1.54) is 0 Å². The van der Waals surface area contributed by atoms with Crippen molar-refractivity contribution < 1.29 is 4.42 Å². The molecule has 114 valence electrons. The van der Waals surface area contributed by atoms with E-state index < -0.39 is 0 Å². The Kier molecular flexibility index (Phi) is 4.96. The van der Waals surface area contributed by atoms with Crippen LogP contribution in [0, 0.1) is 0 Å².